The molecule has 0 spiro atoms. The summed E-state index contributed by atoms with van der Waals surface area (Å²) in [5.74, 6) is 0. The Morgan fingerprint density at radius 1 is 1.40 bits per heavy atom. The Morgan fingerprint density at radius 3 is 2.80 bits per heavy atom. The smallest absolute Gasteiger partial charge is 0.261 e. The fourth-order valence-corrected chi connectivity index (χ4v) is 1.99. The summed E-state index contributed by atoms with van der Waals surface area (Å²) < 4.78 is 30.8. The number of hydrogen-bond donors (Lipinski definition) is 1. The number of hydrogen-bond acceptors (Lipinski definition) is 3. The van der Waals surface area contributed by atoms with Crippen LogP contribution in [0.2, 0.25) is 0 Å². The third-order valence-electron chi connectivity index (χ3n) is 3.03. The second-order valence-electron chi connectivity index (χ2n) is 4.81. The van der Waals surface area contributed by atoms with Crippen LogP contribution in [0, 0.1) is 0 Å². The fraction of sp³-hybridized carbons (Fsp3) is 0.786. The number of aromatic nitrogens is 2. The van der Waals surface area contributed by atoms with Crippen LogP contribution in [0.15, 0.2) is 12.4 Å². The zero-order chi connectivity index (χ0) is 14.8. The molecule has 1 unspecified atom stereocenters. The Kier molecular flexibility index (Phi) is 8.37. The first-order valence-corrected chi connectivity index (χ1v) is 7.26. The summed E-state index contributed by atoms with van der Waals surface area (Å²) in [7, 11) is 0. The van der Waals surface area contributed by atoms with Crippen LogP contribution < -0.4 is 5.32 Å². The molecule has 0 radical (unpaired) electrons. The minimum atomic E-state index is -2.39. The van der Waals surface area contributed by atoms with Crippen molar-refractivity contribution in [2.24, 2.45) is 0 Å². The molecule has 1 heterocycles. The molecule has 0 saturated heterocycles. The van der Waals surface area contributed by atoms with Gasteiger partial charge in [-0.05, 0) is 38.3 Å². The summed E-state index contributed by atoms with van der Waals surface area (Å²) >= 11 is 0. The molecule has 4 nitrogen and oxygen atoms in total. The van der Waals surface area contributed by atoms with Crippen LogP contribution in [0.3, 0.4) is 0 Å². The highest BCUT2D eigenvalue weighted by atomic mass is 19.3. The predicted molar refractivity (Wildman–Crippen MR) is 75.1 cm³/mol. The molecule has 1 rings (SSSR count). The second-order valence-corrected chi connectivity index (χ2v) is 4.81. The maximum atomic E-state index is 12.0. The number of nitrogens with one attached hydrogen (secondary N) is 1. The van der Waals surface area contributed by atoms with Crippen LogP contribution in [-0.2, 0) is 17.7 Å². The first kappa shape index (κ1) is 17.0. The van der Waals surface area contributed by atoms with Gasteiger partial charge in [0.15, 0.2) is 0 Å². The lowest BCUT2D eigenvalue weighted by Crippen LogP contribution is -2.33. The molecule has 0 aliphatic heterocycles. The van der Waals surface area contributed by atoms with Gasteiger partial charge in [0.05, 0.1) is 6.20 Å². The molecule has 0 aliphatic carbocycles. The highest BCUT2D eigenvalue weighted by molar-refractivity contribution is 5.06. The summed E-state index contributed by atoms with van der Waals surface area (Å²) in [5.41, 5.74) is 1.16. The molecule has 6 heteroatoms. The molecule has 0 aliphatic rings. The van der Waals surface area contributed by atoms with Gasteiger partial charge in [-0.3, -0.25) is 4.68 Å². The van der Waals surface area contributed by atoms with Gasteiger partial charge in [-0.15, -0.1) is 0 Å². The van der Waals surface area contributed by atoms with E-state index in [0.29, 0.717) is 6.61 Å². The Morgan fingerprint density at radius 2 is 2.20 bits per heavy atom. The van der Waals surface area contributed by atoms with Gasteiger partial charge in [0, 0.05) is 25.4 Å². The van der Waals surface area contributed by atoms with Crippen molar-refractivity contribution in [1.82, 2.24) is 15.1 Å². The van der Waals surface area contributed by atoms with E-state index < -0.39 is 13.0 Å². The summed E-state index contributed by atoms with van der Waals surface area (Å²) in [6.45, 7) is 5.79. The first-order valence-electron chi connectivity index (χ1n) is 7.26. The van der Waals surface area contributed by atoms with E-state index in [4.69, 9.17) is 4.74 Å². The molecule has 1 aromatic rings. The number of ether oxygens (including phenoxy) is 1. The van der Waals surface area contributed by atoms with Gasteiger partial charge in [0.25, 0.3) is 6.43 Å². The molecule has 0 saturated carbocycles. The van der Waals surface area contributed by atoms with E-state index >= 15 is 0 Å². The van der Waals surface area contributed by atoms with E-state index in [0.717, 1.165) is 37.9 Å². The molecule has 116 valence electrons. The lowest BCUT2D eigenvalue weighted by molar-refractivity contribution is 0.0144. The molecule has 0 amide bonds. The zero-order valence-electron chi connectivity index (χ0n) is 12.3. The summed E-state index contributed by atoms with van der Waals surface area (Å²) in [5, 5.41) is 7.67. The lowest BCUT2D eigenvalue weighted by Gasteiger charge is -2.17. The molecule has 1 N–H and O–H groups in total. The SMILES string of the molecule is CCCNC(CCOCC(F)F)Cc1cnn(CC)c1. The number of halogens is 2. The monoisotopic (exact) mass is 289 g/mol. The Labute approximate surface area is 119 Å². The van der Waals surface area contributed by atoms with E-state index in [1.165, 1.54) is 0 Å². The predicted octanol–water partition coefficient (Wildman–Crippen LogP) is 2.49. The van der Waals surface area contributed by atoms with Crippen LogP contribution in [0.4, 0.5) is 8.78 Å². The minimum absolute atomic E-state index is 0.238. The fourth-order valence-electron chi connectivity index (χ4n) is 1.99. The molecule has 0 aromatic carbocycles. The number of nitrogens with zero attached hydrogens (tertiary/aromatic N) is 2. The molecule has 0 bridgehead atoms. The zero-order valence-corrected chi connectivity index (χ0v) is 12.3. The number of aryl methyl sites for hydroxylation is 1. The van der Waals surface area contributed by atoms with Crippen molar-refractivity contribution in [3.63, 3.8) is 0 Å². The van der Waals surface area contributed by atoms with Crippen molar-refractivity contribution in [1.29, 1.82) is 0 Å². The van der Waals surface area contributed by atoms with Crippen molar-refractivity contribution < 1.29 is 13.5 Å². The topological polar surface area (TPSA) is 39.1 Å². The van der Waals surface area contributed by atoms with Gasteiger partial charge < -0.3 is 10.1 Å². The molecule has 1 aromatic heterocycles. The van der Waals surface area contributed by atoms with Crippen LogP contribution in [-0.4, -0.2) is 42.0 Å². The van der Waals surface area contributed by atoms with Crippen molar-refractivity contribution in [2.75, 3.05) is 19.8 Å². The Balaban J connectivity index is 2.38. The van der Waals surface area contributed by atoms with Crippen molar-refractivity contribution in [3.8, 4) is 0 Å². The van der Waals surface area contributed by atoms with E-state index in [9.17, 15) is 8.78 Å². The van der Waals surface area contributed by atoms with Crippen molar-refractivity contribution >= 4 is 0 Å². The highest BCUT2D eigenvalue weighted by Crippen LogP contribution is 2.06. The average molecular weight is 289 g/mol. The highest BCUT2D eigenvalue weighted by Gasteiger charge is 2.11. The van der Waals surface area contributed by atoms with Gasteiger partial charge in [-0.1, -0.05) is 6.92 Å². The van der Waals surface area contributed by atoms with Gasteiger partial charge in [-0.2, -0.15) is 5.10 Å². The largest absolute Gasteiger partial charge is 0.375 e. The van der Waals surface area contributed by atoms with Crippen molar-refractivity contribution in [2.45, 2.75) is 52.1 Å². The average Bonchev–Trinajstić information content (AvgIpc) is 2.88. The van der Waals surface area contributed by atoms with E-state index in [1.54, 1.807) is 0 Å². The minimum Gasteiger partial charge on any atom is -0.375 e. The molecule has 20 heavy (non-hydrogen) atoms. The maximum absolute atomic E-state index is 12.0. The third-order valence-corrected chi connectivity index (χ3v) is 3.03. The maximum Gasteiger partial charge on any atom is 0.261 e. The Bertz CT molecular complexity index is 358. The number of rotatable bonds is 11. The summed E-state index contributed by atoms with van der Waals surface area (Å²) in [4.78, 5) is 0. The van der Waals surface area contributed by atoms with Crippen LogP contribution in [0.1, 0.15) is 32.3 Å². The molecule has 1 atom stereocenters. The first-order chi connectivity index (χ1) is 9.65. The van der Waals surface area contributed by atoms with Gasteiger partial charge in [0.2, 0.25) is 0 Å². The van der Waals surface area contributed by atoms with Gasteiger partial charge in [-0.25, -0.2) is 8.78 Å². The van der Waals surface area contributed by atoms with Crippen LogP contribution in [0.25, 0.3) is 0 Å². The number of alkyl halides is 2. The van der Waals surface area contributed by atoms with Crippen LogP contribution >= 0.6 is 0 Å². The quantitative estimate of drug-likeness (QED) is 0.636. The summed E-state index contributed by atoms with van der Waals surface area (Å²) in [6.07, 6.45) is 4.12. The standard InChI is InChI=1S/C14H25F2N3O/c1-3-6-17-13(5-7-20-11-14(15)16)8-12-9-18-19(4-2)10-12/h9-10,13-14,17H,3-8,11H2,1-2H3. The normalized spacial score (nSPS) is 13.1. The van der Waals surface area contributed by atoms with E-state index in [2.05, 4.69) is 17.3 Å². The van der Waals surface area contributed by atoms with Crippen LogP contribution in [0.5, 0.6) is 0 Å². The molecular weight excluding hydrogens is 264 g/mol. The molecule has 0 fully saturated rings. The van der Waals surface area contributed by atoms with E-state index in [1.807, 2.05) is 24.0 Å². The van der Waals surface area contributed by atoms with Gasteiger partial charge in [0.1, 0.15) is 6.61 Å². The second kappa shape index (κ2) is 9.83. The lowest BCUT2D eigenvalue weighted by atomic mass is 10.1. The Hall–Kier alpha value is -1.01. The third kappa shape index (κ3) is 6.96. The van der Waals surface area contributed by atoms with Gasteiger partial charge >= 0.3 is 0 Å². The summed E-state index contributed by atoms with van der Waals surface area (Å²) in [6, 6.07) is 0.238. The van der Waals surface area contributed by atoms with E-state index in [-0.39, 0.29) is 6.04 Å². The molecular formula is C14H25F2N3O. The van der Waals surface area contributed by atoms with Crippen molar-refractivity contribution in [3.05, 3.63) is 18.0 Å².